The van der Waals surface area contributed by atoms with Crippen molar-refractivity contribution in [3.05, 3.63) is 54.1 Å². The zero-order chi connectivity index (χ0) is 24.2. The number of aliphatic imine (C=N–C) groups is 1. The molecule has 0 fully saturated rings. The second-order valence-electron chi connectivity index (χ2n) is 7.13. The molecule has 3 rings (SSSR count). The topological polar surface area (TPSA) is 174 Å². The third-order valence-electron chi connectivity index (χ3n) is 4.60. The van der Waals surface area contributed by atoms with Crippen molar-refractivity contribution < 1.29 is 31.2 Å². The van der Waals surface area contributed by atoms with Crippen molar-refractivity contribution in [3.8, 4) is 0 Å². The molecule has 2 aromatic carbocycles. The lowest BCUT2D eigenvalue weighted by molar-refractivity contribution is -0.153. The molecule has 13 heteroatoms. The van der Waals surface area contributed by atoms with E-state index < -0.39 is 38.0 Å². The van der Waals surface area contributed by atoms with Gasteiger partial charge in [0.2, 0.25) is 10.0 Å². The largest absolute Gasteiger partial charge is 0.453 e. The van der Waals surface area contributed by atoms with Crippen LogP contribution in [0.4, 0.5) is 5.69 Å². The van der Waals surface area contributed by atoms with Crippen molar-refractivity contribution in [2.45, 2.75) is 35.7 Å². The lowest BCUT2D eigenvalue weighted by Crippen LogP contribution is -2.30. The van der Waals surface area contributed by atoms with Crippen molar-refractivity contribution in [2.24, 2.45) is 10.1 Å². The van der Waals surface area contributed by atoms with E-state index in [1.807, 2.05) is 0 Å². The van der Waals surface area contributed by atoms with Crippen LogP contribution in [0.15, 0.2) is 63.3 Å². The van der Waals surface area contributed by atoms with Crippen molar-refractivity contribution in [1.82, 2.24) is 4.72 Å². The molecule has 1 aliphatic heterocycles. The third-order valence-corrected chi connectivity index (χ3v) is 6.93. The van der Waals surface area contributed by atoms with E-state index in [0.29, 0.717) is 11.3 Å². The molecule has 11 nitrogen and oxygen atoms in total. The van der Waals surface area contributed by atoms with Gasteiger partial charge in [0, 0.05) is 24.2 Å². The summed E-state index contributed by atoms with van der Waals surface area (Å²) >= 11 is 0. The molecule has 176 valence electrons. The Kier molecular flexibility index (Phi) is 7.15. The Hall–Kier alpha value is -3.29. The van der Waals surface area contributed by atoms with Gasteiger partial charge in [0.05, 0.1) is 9.79 Å². The Bertz CT molecular complexity index is 1300. The number of nitrogens with two attached hydrogens (primary N) is 1. The number of nitrogens with zero attached hydrogens (tertiary/aromatic N) is 1. The molecular weight excluding hydrogens is 472 g/mol. The average Bonchev–Trinajstić information content (AvgIpc) is 3.01. The molecule has 0 bridgehead atoms. The molecule has 1 amide bonds. The number of anilines is 1. The normalized spacial score (nSPS) is 16.5. The van der Waals surface area contributed by atoms with Crippen LogP contribution in [0.25, 0.3) is 0 Å². The molecule has 0 unspecified atom stereocenters. The van der Waals surface area contributed by atoms with Gasteiger partial charge < -0.3 is 10.1 Å². The molecule has 0 radical (unpaired) electrons. The van der Waals surface area contributed by atoms with E-state index in [1.165, 1.54) is 37.3 Å². The van der Waals surface area contributed by atoms with Crippen molar-refractivity contribution in [3.63, 3.8) is 0 Å². The van der Waals surface area contributed by atoms with E-state index in [-0.39, 0.29) is 35.0 Å². The first kappa shape index (κ1) is 24.4. The first-order chi connectivity index (χ1) is 15.5. The fraction of sp³-hybridized carbons (Fsp3) is 0.250. The summed E-state index contributed by atoms with van der Waals surface area (Å²) in [5.41, 5.74) is 0.785. The summed E-state index contributed by atoms with van der Waals surface area (Å²) in [6, 6.07) is 11.7. The number of hydrogen-bond acceptors (Lipinski definition) is 8. The number of nitrogens with one attached hydrogen (secondary N) is 2. The molecule has 1 heterocycles. The minimum absolute atomic E-state index is 0.0220. The van der Waals surface area contributed by atoms with E-state index in [1.54, 1.807) is 18.2 Å². The van der Waals surface area contributed by atoms with E-state index in [2.05, 4.69) is 15.0 Å². The van der Waals surface area contributed by atoms with E-state index in [9.17, 15) is 26.4 Å². The van der Waals surface area contributed by atoms with E-state index >= 15 is 0 Å². The maximum absolute atomic E-state index is 12.2. The van der Waals surface area contributed by atoms with Gasteiger partial charge in [-0.3, -0.25) is 19.3 Å². The minimum atomic E-state index is -3.84. The van der Waals surface area contributed by atoms with E-state index in [0.717, 1.165) is 0 Å². The summed E-state index contributed by atoms with van der Waals surface area (Å²) in [4.78, 5) is 28.5. The van der Waals surface area contributed by atoms with E-state index in [4.69, 9.17) is 9.88 Å². The van der Waals surface area contributed by atoms with Gasteiger partial charge in [0.25, 0.3) is 15.9 Å². The SMILES string of the molecule is C[C@@H](OC(=O)CCCN=C1NS(=O)(=O)c2ccccc21)C(=O)Nc1ccc(S(N)(=O)=O)cc1. The number of fused-ring (bicyclic) bond motifs is 1. The first-order valence-electron chi connectivity index (χ1n) is 9.77. The smallest absolute Gasteiger partial charge is 0.306 e. The average molecular weight is 495 g/mol. The number of hydrogen-bond donors (Lipinski definition) is 3. The fourth-order valence-electron chi connectivity index (χ4n) is 2.95. The van der Waals surface area contributed by atoms with Crippen LogP contribution in [0.2, 0.25) is 0 Å². The highest BCUT2D eigenvalue weighted by molar-refractivity contribution is 7.90. The number of esters is 1. The van der Waals surface area contributed by atoms with Crippen LogP contribution in [0.3, 0.4) is 0 Å². The summed E-state index contributed by atoms with van der Waals surface area (Å²) in [5, 5.41) is 7.53. The van der Waals surface area contributed by atoms with Gasteiger partial charge in [0.15, 0.2) is 6.10 Å². The Balaban J connectivity index is 1.46. The molecule has 1 aliphatic rings. The maximum Gasteiger partial charge on any atom is 0.306 e. The lowest BCUT2D eigenvalue weighted by atomic mass is 10.2. The predicted octanol–water partition coefficient (Wildman–Crippen LogP) is 0.723. The lowest BCUT2D eigenvalue weighted by Gasteiger charge is -2.13. The Morgan fingerprint density at radius 1 is 1.15 bits per heavy atom. The minimum Gasteiger partial charge on any atom is -0.453 e. The Labute approximate surface area is 191 Å². The molecule has 2 aromatic rings. The third kappa shape index (κ3) is 6.15. The zero-order valence-corrected chi connectivity index (χ0v) is 19.1. The van der Waals surface area contributed by atoms with Crippen LogP contribution in [0.1, 0.15) is 25.3 Å². The number of benzene rings is 2. The van der Waals surface area contributed by atoms with Crippen molar-refractivity contribution >= 4 is 43.4 Å². The molecule has 0 aromatic heterocycles. The number of sulfonamides is 2. The highest BCUT2D eigenvalue weighted by Crippen LogP contribution is 2.22. The molecule has 33 heavy (non-hydrogen) atoms. The summed E-state index contributed by atoms with van der Waals surface area (Å²) in [7, 11) is -7.46. The molecule has 1 atom stereocenters. The number of carbonyl (C=O) groups excluding carboxylic acids is 2. The number of amides is 1. The van der Waals surface area contributed by atoms with Gasteiger partial charge in [-0.05, 0) is 49.7 Å². The Morgan fingerprint density at radius 2 is 1.82 bits per heavy atom. The van der Waals surface area contributed by atoms with Gasteiger partial charge >= 0.3 is 5.97 Å². The number of primary sulfonamides is 1. The van der Waals surface area contributed by atoms with Gasteiger partial charge in [-0.25, -0.2) is 22.0 Å². The fourth-order valence-corrected chi connectivity index (χ4v) is 4.71. The van der Waals surface area contributed by atoms with Crippen molar-refractivity contribution in [2.75, 3.05) is 11.9 Å². The zero-order valence-electron chi connectivity index (χ0n) is 17.5. The van der Waals surface area contributed by atoms with Gasteiger partial charge in [-0.1, -0.05) is 12.1 Å². The van der Waals surface area contributed by atoms with Crippen LogP contribution in [0.5, 0.6) is 0 Å². The first-order valence-corrected chi connectivity index (χ1v) is 12.8. The van der Waals surface area contributed by atoms with Gasteiger partial charge in [0.1, 0.15) is 5.84 Å². The molecule has 4 N–H and O–H groups in total. The second-order valence-corrected chi connectivity index (χ2v) is 10.3. The summed E-state index contributed by atoms with van der Waals surface area (Å²) in [6.07, 6.45) is -0.822. The van der Waals surface area contributed by atoms with Crippen molar-refractivity contribution in [1.29, 1.82) is 0 Å². The van der Waals surface area contributed by atoms with Crippen LogP contribution in [-0.4, -0.2) is 47.2 Å². The van der Waals surface area contributed by atoms with Crippen LogP contribution in [-0.2, 0) is 34.4 Å². The number of ether oxygens (including phenoxy) is 1. The summed E-state index contributed by atoms with van der Waals surface area (Å²) in [6.45, 7) is 1.58. The summed E-state index contributed by atoms with van der Waals surface area (Å²) in [5.74, 6) is -0.987. The second kappa shape index (κ2) is 9.68. The molecule has 0 saturated carbocycles. The number of carbonyl (C=O) groups is 2. The Morgan fingerprint density at radius 3 is 2.48 bits per heavy atom. The maximum atomic E-state index is 12.2. The number of rotatable bonds is 8. The molecule has 0 aliphatic carbocycles. The predicted molar refractivity (Wildman–Crippen MR) is 119 cm³/mol. The highest BCUT2D eigenvalue weighted by Gasteiger charge is 2.29. The van der Waals surface area contributed by atoms with Gasteiger partial charge in [-0.15, -0.1) is 0 Å². The summed E-state index contributed by atoms with van der Waals surface area (Å²) < 4.78 is 54.1. The van der Waals surface area contributed by atoms with Crippen LogP contribution in [0, 0.1) is 0 Å². The number of amidine groups is 1. The molecule has 0 spiro atoms. The standard InChI is InChI=1S/C20H22N4O7S2/c1-13(20(26)23-14-8-10-15(11-9-14)32(21,27)28)31-18(25)7-4-12-22-19-16-5-2-3-6-17(16)33(29,30)24-19/h2-3,5-6,8-11,13H,4,7,12H2,1H3,(H,22,24)(H,23,26)(H2,21,27,28)/t13-/m1/s1. The molecular formula is C20H22N4O7S2. The van der Waals surface area contributed by atoms with Gasteiger partial charge in [-0.2, -0.15) is 0 Å². The highest BCUT2D eigenvalue weighted by atomic mass is 32.2. The van der Waals surface area contributed by atoms with Crippen LogP contribution < -0.4 is 15.2 Å². The quantitative estimate of drug-likeness (QED) is 0.358. The van der Waals surface area contributed by atoms with Crippen LogP contribution >= 0.6 is 0 Å². The monoisotopic (exact) mass is 494 g/mol. The molecule has 0 saturated heterocycles.